The molecule has 0 aliphatic carbocycles. The molecule has 6 heteroatoms. The quantitative estimate of drug-likeness (QED) is 0.702. The van der Waals surface area contributed by atoms with Crippen LogP contribution < -0.4 is 11.5 Å². The van der Waals surface area contributed by atoms with Gasteiger partial charge in [-0.3, -0.25) is 0 Å². The van der Waals surface area contributed by atoms with Gasteiger partial charge in [0.2, 0.25) is 0 Å². The summed E-state index contributed by atoms with van der Waals surface area (Å²) in [4.78, 5) is 15.4. The fourth-order valence-corrected chi connectivity index (χ4v) is 1.45. The highest BCUT2D eigenvalue weighted by Crippen LogP contribution is 2.15. The first-order chi connectivity index (χ1) is 7.46. The van der Waals surface area contributed by atoms with Gasteiger partial charge in [0.15, 0.2) is 11.5 Å². The second-order valence-electron chi connectivity index (χ2n) is 4.63. The van der Waals surface area contributed by atoms with E-state index in [1.165, 1.54) is 6.33 Å². The van der Waals surface area contributed by atoms with E-state index in [9.17, 15) is 0 Å². The average Bonchev–Trinajstić information content (AvgIpc) is 2.58. The Morgan fingerprint density at radius 3 is 2.75 bits per heavy atom. The SMILES string of the molecule is CC(C)(N)CCc1nc2ncnc(N)c2[nH]1. The maximum atomic E-state index is 5.91. The summed E-state index contributed by atoms with van der Waals surface area (Å²) in [6, 6.07) is 0. The minimum Gasteiger partial charge on any atom is -0.382 e. The topological polar surface area (TPSA) is 106 Å². The van der Waals surface area contributed by atoms with Crippen LogP contribution in [0, 0.1) is 0 Å². The Morgan fingerprint density at radius 2 is 2.12 bits per heavy atom. The van der Waals surface area contributed by atoms with Gasteiger partial charge in [0.25, 0.3) is 0 Å². The van der Waals surface area contributed by atoms with Gasteiger partial charge in [-0.05, 0) is 20.3 Å². The molecule has 86 valence electrons. The van der Waals surface area contributed by atoms with Gasteiger partial charge in [0.05, 0.1) is 0 Å². The Labute approximate surface area is 93.5 Å². The van der Waals surface area contributed by atoms with Crippen LogP contribution in [0.4, 0.5) is 5.82 Å². The third kappa shape index (κ3) is 2.27. The summed E-state index contributed by atoms with van der Waals surface area (Å²) in [6.07, 6.45) is 3.04. The first kappa shape index (κ1) is 10.8. The number of hydrogen-bond donors (Lipinski definition) is 3. The highest BCUT2D eigenvalue weighted by molar-refractivity contribution is 5.80. The Kier molecular flexibility index (Phi) is 2.51. The zero-order valence-corrected chi connectivity index (χ0v) is 9.49. The number of fused-ring (bicyclic) bond motifs is 1. The van der Waals surface area contributed by atoms with Gasteiger partial charge in [-0.2, -0.15) is 0 Å². The first-order valence-electron chi connectivity index (χ1n) is 5.20. The van der Waals surface area contributed by atoms with Gasteiger partial charge in [0, 0.05) is 12.0 Å². The predicted molar refractivity (Wildman–Crippen MR) is 62.7 cm³/mol. The lowest BCUT2D eigenvalue weighted by Crippen LogP contribution is -2.32. The third-order valence-corrected chi connectivity index (χ3v) is 2.37. The number of anilines is 1. The Hall–Kier alpha value is -1.69. The van der Waals surface area contributed by atoms with E-state index in [0.29, 0.717) is 17.0 Å². The third-order valence-electron chi connectivity index (χ3n) is 2.37. The summed E-state index contributed by atoms with van der Waals surface area (Å²) in [5, 5.41) is 0. The van der Waals surface area contributed by atoms with E-state index >= 15 is 0 Å². The van der Waals surface area contributed by atoms with E-state index in [1.54, 1.807) is 0 Å². The molecule has 0 spiro atoms. The van der Waals surface area contributed by atoms with Crippen LogP contribution in [0.15, 0.2) is 6.33 Å². The number of imidazole rings is 1. The number of hydrogen-bond acceptors (Lipinski definition) is 5. The highest BCUT2D eigenvalue weighted by atomic mass is 15.0. The van der Waals surface area contributed by atoms with Crippen molar-refractivity contribution in [3.05, 3.63) is 12.2 Å². The number of aromatic nitrogens is 4. The summed E-state index contributed by atoms with van der Waals surface area (Å²) in [5.74, 6) is 1.27. The molecule has 6 nitrogen and oxygen atoms in total. The summed E-state index contributed by atoms with van der Waals surface area (Å²) < 4.78 is 0. The maximum absolute atomic E-state index is 5.91. The molecule has 0 bridgehead atoms. The number of nitrogen functional groups attached to an aromatic ring is 1. The minimum absolute atomic E-state index is 0.198. The molecular weight excluding hydrogens is 204 g/mol. The van der Waals surface area contributed by atoms with E-state index in [0.717, 1.165) is 18.7 Å². The second kappa shape index (κ2) is 3.71. The number of nitrogens with two attached hydrogens (primary N) is 2. The van der Waals surface area contributed by atoms with Crippen molar-refractivity contribution >= 4 is 17.0 Å². The van der Waals surface area contributed by atoms with Crippen LogP contribution in [-0.2, 0) is 6.42 Å². The van der Waals surface area contributed by atoms with Crippen LogP contribution in [0.1, 0.15) is 26.1 Å². The monoisotopic (exact) mass is 220 g/mol. The van der Waals surface area contributed by atoms with Crippen molar-refractivity contribution in [2.45, 2.75) is 32.2 Å². The molecule has 0 aromatic carbocycles. The lowest BCUT2D eigenvalue weighted by atomic mass is 10.0. The van der Waals surface area contributed by atoms with Gasteiger partial charge >= 0.3 is 0 Å². The molecule has 0 saturated heterocycles. The normalized spacial score (nSPS) is 12.2. The zero-order chi connectivity index (χ0) is 11.8. The van der Waals surface area contributed by atoms with Crippen molar-refractivity contribution in [1.29, 1.82) is 0 Å². The van der Waals surface area contributed by atoms with Gasteiger partial charge in [-0.1, -0.05) is 0 Å². The standard InChI is InChI=1S/C10H16N6/c1-10(2,12)4-3-6-15-7-8(11)13-5-14-9(7)16-6/h5H,3-4,12H2,1-2H3,(H3,11,13,14,15,16). The summed E-state index contributed by atoms with van der Waals surface area (Å²) in [7, 11) is 0. The Bertz CT molecular complexity index is 495. The van der Waals surface area contributed by atoms with Gasteiger partial charge in [-0.15, -0.1) is 0 Å². The minimum atomic E-state index is -0.198. The Balaban J connectivity index is 2.24. The molecule has 5 N–H and O–H groups in total. The van der Waals surface area contributed by atoms with Crippen molar-refractivity contribution in [3.63, 3.8) is 0 Å². The molecule has 16 heavy (non-hydrogen) atoms. The second-order valence-corrected chi connectivity index (χ2v) is 4.63. The van der Waals surface area contributed by atoms with E-state index in [-0.39, 0.29) is 5.54 Å². The predicted octanol–water partition coefficient (Wildman–Crippen LogP) is 0.605. The van der Waals surface area contributed by atoms with Crippen LogP contribution in [0.3, 0.4) is 0 Å². The molecule has 0 atom stereocenters. The summed E-state index contributed by atoms with van der Waals surface area (Å²) in [6.45, 7) is 3.98. The van der Waals surface area contributed by atoms with Crippen molar-refractivity contribution in [1.82, 2.24) is 19.9 Å². The number of nitrogens with zero attached hydrogens (tertiary/aromatic N) is 3. The number of aromatic amines is 1. The van der Waals surface area contributed by atoms with E-state index in [1.807, 2.05) is 13.8 Å². The van der Waals surface area contributed by atoms with Crippen LogP contribution in [-0.4, -0.2) is 25.5 Å². The molecule has 0 aliphatic rings. The smallest absolute Gasteiger partial charge is 0.183 e. The number of rotatable bonds is 3. The number of aryl methyl sites for hydroxylation is 1. The van der Waals surface area contributed by atoms with Crippen LogP contribution in [0.25, 0.3) is 11.2 Å². The van der Waals surface area contributed by atoms with Gasteiger partial charge < -0.3 is 16.5 Å². The highest BCUT2D eigenvalue weighted by Gasteiger charge is 2.13. The van der Waals surface area contributed by atoms with E-state index in [4.69, 9.17) is 11.5 Å². The molecule has 0 unspecified atom stereocenters. The lowest BCUT2D eigenvalue weighted by Gasteiger charge is -2.16. The first-order valence-corrected chi connectivity index (χ1v) is 5.20. The number of nitrogens with one attached hydrogen (secondary N) is 1. The fourth-order valence-electron chi connectivity index (χ4n) is 1.45. The summed E-state index contributed by atoms with van der Waals surface area (Å²) in [5.41, 5.74) is 12.7. The number of H-pyrrole nitrogens is 1. The maximum Gasteiger partial charge on any atom is 0.183 e. The molecule has 2 aromatic heterocycles. The van der Waals surface area contributed by atoms with E-state index in [2.05, 4.69) is 19.9 Å². The lowest BCUT2D eigenvalue weighted by molar-refractivity contribution is 0.472. The Morgan fingerprint density at radius 1 is 1.38 bits per heavy atom. The van der Waals surface area contributed by atoms with Crippen molar-refractivity contribution in [2.24, 2.45) is 5.73 Å². The van der Waals surface area contributed by atoms with Crippen molar-refractivity contribution in [3.8, 4) is 0 Å². The van der Waals surface area contributed by atoms with E-state index < -0.39 is 0 Å². The van der Waals surface area contributed by atoms with Crippen LogP contribution in [0.5, 0.6) is 0 Å². The van der Waals surface area contributed by atoms with Gasteiger partial charge in [0.1, 0.15) is 17.7 Å². The van der Waals surface area contributed by atoms with Crippen LogP contribution in [0.2, 0.25) is 0 Å². The van der Waals surface area contributed by atoms with Crippen LogP contribution >= 0.6 is 0 Å². The molecule has 0 fully saturated rings. The van der Waals surface area contributed by atoms with Crippen molar-refractivity contribution < 1.29 is 0 Å². The molecule has 2 heterocycles. The molecule has 0 radical (unpaired) electrons. The molecule has 2 rings (SSSR count). The summed E-state index contributed by atoms with van der Waals surface area (Å²) >= 11 is 0. The molecule has 2 aromatic rings. The zero-order valence-electron chi connectivity index (χ0n) is 9.49. The molecule has 0 amide bonds. The molecule has 0 saturated carbocycles. The molecule has 0 aliphatic heterocycles. The van der Waals surface area contributed by atoms with Crippen molar-refractivity contribution in [2.75, 3.05) is 5.73 Å². The van der Waals surface area contributed by atoms with Gasteiger partial charge in [-0.25, -0.2) is 15.0 Å². The fraction of sp³-hybridized carbons (Fsp3) is 0.500. The largest absolute Gasteiger partial charge is 0.382 e. The average molecular weight is 220 g/mol. The molecular formula is C10H16N6.